The summed E-state index contributed by atoms with van der Waals surface area (Å²) in [5, 5.41) is 18.7. The summed E-state index contributed by atoms with van der Waals surface area (Å²) in [6, 6.07) is 26.4. The number of likely N-dealkylation sites (N-methyl/N-ethyl adjacent to an activating group) is 1. The molecule has 0 saturated carbocycles. The number of carbonyl (C=O) groups excluding carboxylic acids is 3. The van der Waals surface area contributed by atoms with E-state index < -0.39 is 6.04 Å². The van der Waals surface area contributed by atoms with Gasteiger partial charge in [0.05, 0.1) is 35.3 Å². The van der Waals surface area contributed by atoms with Crippen LogP contribution in [0.3, 0.4) is 0 Å². The lowest BCUT2D eigenvalue weighted by Crippen LogP contribution is -2.49. The highest BCUT2D eigenvalue weighted by Crippen LogP contribution is 2.35. The number of amides is 3. The highest BCUT2D eigenvalue weighted by Gasteiger charge is 2.34. The fourth-order valence-electron chi connectivity index (χ4n) is 6.13. The Bertz CT molecular complexity index is 2040. The summed E-state index contributed by atoms with van der Waals surface area (Å²) in [7, 11) is 1.98. The van der Waals surface area contributed by atoms with Gasteiger partial charge in [-0.1, -0.05) is 49.4 Å². The van der Waals surface area contributed by atoms with Gasteiger partial charge in [0, 0.05) is 59.5 Å². The van der Waals surface area contributed by atoms with E-state index >= 15 is 0 Å². The zero-order valence-corrected chi connectivity index (χ0v) is 30.1. The average Bonchev–Trinajstić information content (AvgIpc) is 3.70. The first-order valence-electron chi connectivity index (χ1n) is 17.1. The van der Waals surface area contributed by atoms with Crippen LogP contribution in [-0.4, -0.2) is 76.5 Å². The molecule has 2 heterocycles. The van der Waals surface area contributed by atoms with E-state index in [9.17, 15) is 19.5 Å². The molecule has 11 nitrogen and oxygen atoms in total. The van der Waals surface area contributed by atoms with Gasteiger partial charge in [0.15, 0.2) is 5.75 Å². The average molecular weight is 727 g/mol. The topological polar surface area (TPSA) is 150 Å². The number of aliphatic hydroxyl groups is 1. The van der Waals surface area contributed by atoms with Crippen molar-refractivity contribution < 1.29 is 29.9 Å². The van der Waals surface area contributed by atoms with Crippen LogP contribution < -0.4 is 21.1 Å². The lowest BCUT2D eigenvalue weighted by atomic mass is 9.98. The normalized spacial score (nSPS) is 16.3. The van der Waals surface area contributed by atoms with Gasteiger partial charge in [0.25, 0.3) is 17.7 Å². The molecule has 276 valence electrons. The van der Waals surface area contributed by atoms with Crippen molar-refractivity contribution in [1.29, 1.82) is 0 Å². The molecular formula is C40H50N6O5S. The van der Waals surface area contributed by atoms with Crippen molar-refractivity contribution in [2.75, 3.05) is 43.1 Å². The van der Waals surface area contributed by atoms with Gasteiger partial charge < -0.3 is 31.1 Å². The Kier molecular flexibility index (Phi) is 11.3. The number of thiazole rings is 1. The monoisotopic (exact) mass is 726 g/mol. The minimum absolute atomic E-state index is 0. The van der Waals surface area contributed by atoms with Crippen molar-refractivity contribution in [2.45, 2.75) is 32.5 Å². The number of rotatable bonds is 11. The van der Waals surface area contributed by atoms with E-state index in [1.807, 2.05) is 62.7 Å². The molecule has 0 spiro atoms. The molecule has 1 aromatic heterocycles. The SMILES string of the molecule is C[C@@H]1CN([C@H](C)CO)C(=O)c2cccc(NC(=O)c3ccc(-c4nccs4)cc3)c2O[C@@H]1CN(C)Cc1ccc(C(=O)Nc2ccccc2N)cc1.[HH].[HH].[HH].[HH]. The molecular weight excluding hydrogens is 677 g/mol. The van der Waals surface area contributed by atoms with Crippen molar-refractivity contribution in [2.24, 2.45) is 5.92 Å². The third-order valence-corrected chi connectivity index (χ3v) is 9.96. The standard InChI is InChI=1S/C40H42N6O5S.4H2/c1-25-21-46(26(2)24-47)40(50)31-7-6-10-34(44-38(49)29-15-17-30(18-16-29)39-42-19-20-52-39)36(31)51-35(25)23-45(3)22-27-11-13-28(14-12-27)37(48)43-33-9-5-4-8-32(33)41;;;;/h4-20,25-26,35,47H,21-24,41H2,1-3H3,(H,43,48)(H,44,49);4*1H/t25-,26-,35-;;;;/m1..../s1. The molecule has 5 aromatic rings. The molecule has 3 amide bonds. The molecule has 3 atom stereocenters. The minimum atomic E-state index is -0.428. The maximum absolute atomic E-state index is 13.9. The van der Waals surface area contributed by atoms with Gasteiger partial charge >= 0.3 is 0 Å². The number of nitrogens with two attached hydrogens (primary N) is 1. The number of nitrogen functional groups attached to an aromatic ring is 1. The third kappa shape index (κ3) is 8.31. The van der Waals surface area contributed by atoms with E-state index in [0.717, 1.165) is 16.1 Å². The Morgan fingerprint density at radius 3 is 2.31 bits per heavy atom. The van der Waals surface area contributed by atoms with Crippen LogP contribution in [0.25, 0.3) is 10.6 Å². The number of hydrogen-bond acceptors (Lipinski definition) is 9. The van der Waals surface area contributed by atoms with Crippen LogP contribution in [-0.2, 0) is 6.54 Å². The Morgan fingerprint density at radius 2 is 1.65 bits per heavy atom. The van der Waals surface area contributed by atoms with Crippen LogP contribution in [0.15, 0.2) is 103 Å². The minimum Gasteiger partial charge on any atom is -0.486 e. The predicted octanol–water partition coefficient (Wildman–Crippen LogP) is 7.23. The van der Waals surface area contributed by atoms with Crippen LogP contribution in [0.5, 0.6) is 5.75 Å². The molecule has 5 N–H and O–H groups in total. The number of benzene rings is 4. The third-order valence-electron chi connectivity index (χ3n) is 9.13. The number of anilines is 3. The number of ether oxygens (including phenoxy) is 1. The summed E-state index contributed by atoms with van der Waals surface area (Å²) in [5.74, 6) is -0.718. The molecule has 6 rings (SSSR count). The highest BCUT2D eigenvalue weighted by molar-refractivity contribution is 7.13. The Labute approximate surface area is 313 Å². The van der Waals surface area contributed by atoms with Crippen molar-refractivity contribution >= 4 is 46.1 Å². The fraction of sp³-hybridized carbons (Fsp3) is 0.250. The Morgan fingerprint density at radius 1 is 1.00 bits per heavy atom. The molecule has 0 unspecified atom stereocenters. The summed E-state index contributed by atoms with van der Waals surface area (Å²) in [6.07, 6.45) is 1.35. The second-order valence-corrected chi connectivity index (χ2v) is 14.0. The van der Waals surface area contributed by atoms with Gasteiger partial charge in [-0.15, -0.1) is 11.3 Å². The quantitative estimate of drug-likeness (QED) is 0.104. The Hall–Kier alpha value is -5.56. The number of fused-ring (bicyclic) bond motifs is 1. The highest BCUT2D eigenvalue weighted by atomic mass is 32.1. The zero-order chi connectivity index (χ0) is 36.8. The second kappa shape index (κ2) is 16.2. The molecule has 0 saturated heterocycles. The van der Waals surface area contributed by atoms with E-state index in [4.69, 9.17) is 10.5 Å². The smallest absolute Gasteiger partial charge is 0.258 e. The lowest BCUT2D eigenvalue weighted by molar-refractivity contribution is 0.0343. The van der Waals surface area contributed by atoms with E-state index in [0.29, 0.717) is 53.4 Å². The van der Waals surface area contributed by atoms with E-state index in [1.54, 1.807) is 65.7 Å². The van der Waals surface area contributed by atoms with Crippen molar-refractivity contribution in [3.63, 3.8) is 0 Å². The molecule has 0 bridgehead atoms. The number of para-hydroxylation sites is 3. The predicted molar refractivity (Wildman–Crippen MR) is 213 cm³/mol. The summed E-state index contributed by atoms with van der Waals surface area (Å²) in [4.78, 5) is 48.4. The first kappa shape index (κ1) is 36.2. The summed E-state index contributed by atoms with van der Waals surface area (Å²) >= 11 is 1.52. The van der Waals surface area contributed by atoms with Crippen LogP contribution in [0.2, 0.25) is 0 Å². The van der Waals surface area contributed by atoms with Gasteiger partial charge in [0.1, 0.15) is 11.1 Å². The maximum Gasteiger partial charge on any atom is 0.258 e. The number of aromatic nitrogens is 1. The molecule has 12 heteroatoms. The molecule has 0 aliphatic carbocycles. The number of nitrogens with one attached hydrogen (secondary N) is 2. The van der Waals surface area contributed by atoms with Crippen LogP contribution >= 0.6 is 11.3 Å². The second-order valence-electron chi connectivity index (χ2n) is 13.1. The van der Waals surface area contributed by atoms with Gasteiger partial charge in [0.2, 0.25) is 0 Å². The van der Waals surface area contributed by atoms with Crippen molar-refractivity contribution in [3.05, 3.63) is 125 Å². The molecule has 52 heavy (non-hydrogen) atoms. The zero-order valence-electron chi connectivity index (χ0n) is 29.3. The molecule has 0 radical (unpaired) electrons. The van der Waals surface area contributed by atoms with Crippen LogP contribution in [0, 0.1) is 5.92 Å². The maximum atomic E-state index is 13.9. The number of hydrogen-bond donors (Lipinski definition) is 4. The lowest BCUT2D eigenvalue weighted by Gasteiger charge is -2.38. The number of aliphatic hydroxyl groups excluding tert-OH is 1. The Balaban J connectivity index is 0.00000271. The molecule has 4 aromatic carbocycles. The van der Waals surface area contributed by atoms with Crippen LogP contribution in [0.1, 0.15) is 56.2 Å². The van der Waals surface area contributed by atoms with Crippen LogP contribution in [0.4, 0.5) is 17.1 Å². The van der Waals surface area contributed by atoms with Gasteiger partial charge in [-0.2, -0.15) is 0 Å². The van der Waals surface area contributed by atoms with Gasteiger partial charge in [-0.3, -0.25) is 19.3 Å². The van der Waals surface area contributed by atoms with E-state index in [2.05, 4.69) is 20.5 Å². The molecule has 1 aliphatic rings. The summed E-state index contributed by atoms with van der Waals surface area (Å²) in [5.41, 5.74) is 10.6. The summed E-state index contributed by atoms with van der Waals surface area (Å²) < 4.78 is 6.71. The largest absolute Gasteiger partial charge is 0.486 e. The number of carbonyl (C=O) groups is 3. The van der Waals surface area contributed by atoms with E-state index in [-0.39, 0.29) is 47.8 Å². The van der Waals surface area contributed by atoms with Crippen molar-refractivity contribution in [3.8, 4) is 16.3 Å². The first-order valence-corrected chi connectivity index (χ1v) is 17.9. The van der Waals surface area contributed by atoms with E-state index in [1.165, 1.54) is 11.3 Å². The van der Waals surface area contributed by atoms with Gasteiger partial charge in [-0.25, -0.2) is 4.98 Å². The van der Waals surface area contributed by atoms with Gasteiger partial charge in [-0.05, 0) is 68.1 Å². The molecule has 1 aliphatic heterocycles. The number of nitrogens with zero attached hydrogens (tertiary/aromatic N) is 3. The first-order chi connectivity index (χ1) is 25.1. The van der Waals surface area contributed by atoms with Crippen molar-refractivity contribution in [1.82, 2.24) is 14.8 Å². The fourth-order valence-corrected chi connectivity index (χ4v) is 6.78. The molecule has 0 fully saturated rings. The summed E-state index contributed by atoms with van der Waals surface area (Å²) in [6.45, 7) is 5.07.